The Labute approximate surface area is 205 Å². The van der Waals surface area contributed by atoms with Crippen molar-refractivity contribution in [3.63, 3.8) is 0 Å². The Balaban J connectivity index is 1.63. The number of rotatable bonds is 10. The number of amides is 2. The Morgan fingerprint density at radius 1 is 1.15 bits per heavy atom. The van der Waals surface area contributed by atoms with Crippen molar-refractivity contribution in [3.8, 4) is 11.5 Å². The first-order valence-corrected chi connectivity index (χ1v) is 11.4. The third kappa shape index (κ3) is 6.19. The van der Waals surface area contributed by atoms with E-state index in [9.17, 15) is 14.7 Å². The van der Waals surface area contributed by atoms with Gasteiger partial charge in [-0.3, -0.25) is 9.59 Å². The summed E-state index contributed by atoms with van der Waals surface area (Å²) in [6.07, 6.45) is 0. The Bertz CT molecular complexity index is 1160. The second kappa shape index (κ2) is 11.7. The monoisotopic (exact) mass is 505 g/mol. The lowest BCUT2D eigenvalue weighted by molar-refractivity contribution is -0.113. The second-order valence-corrected chi connectivity index (χ2v) is 8.40. The standard InChI is InChI=1S/C22H24ClN5O5S/c1-28-20(17(11-29)25-21(31)13-4-7-15(32-2)8-5-13)26-27-22(28)34-12-19(30)24-16-10-14(23)6-9-18(16)33-3/h4-10,17,29H,11-12H2,1-3H3,(H,24,30)(H,25,31). The van der Waals surface area contributed by atoms with E-state index in [4.69, 9.17) is 21.1 Å². The summed E-state index contributed by atoms with van der Waals surface area (Å²) >= 11 is 7.15. The molecule has 12 heteroatoms. The number of aliphatic hydroxyl groups is 1. The van der Waals surface area contributed by atoms with Crippen LogP contribution in [-0.2, 0) is 11.8 Å². The number of hydrogen-bond acceptors (Lipinski definition) is 8. The van der Waals surface area contributed by atoms with Crippen molar-refractivity contribution in [2.75, 3.05) is 31.9 Å². The highest BCUT2D eigenvalue weighted by atomic mass is 35.5. The van der Waals surface area contributed by atoms with Gasteiger partial charge < -0.3 is 29.8 Å². The van der Waals surface area contributed by atoms with Gasteiger partial charge in [0.25, 0.3) is 5.91 Å². The van der Waals surface area contributed by atoms with Crippen LogP contribution in [0.5, 0.6) is 11.5 Å². The van der Waals surface area contributed by atoms with Crippen LogP contribution >= 0.6 is 23.4 Å². The normalized spacial score (nSPS) is 11.6. The lowest BCUT2D eigenvalue weighted by Gasteiger charge is -2.16. The highest BCUT2D eigenvalue weighted by Gasteiger charge is 2.22. The maximum absolute atomic E-state index is 12.6. The fourth-order valence-electron chi connectivity index (χ4n) is 3.03. The molecule has 2 amide bonds. The summed E-state index contributed by atoms with van der Waals surface area (Å²) in [7, 11) is 4.73. The zero-order valence-corrected chi connectivity index (χ0v) is 20.3. The molecule has 0 aliphatic rings. The molecule has 10 nitrogen and oxygen atoms in total. The van der Waals surface area contributed by atoms with Gasteiger partial charge in [-0.25, -0.2) is 0 Å². The van der Waals surface area contributed by atoms with Gasteiger partial charge in [-0.05, 0) is 42.5 Å². The SMILES string of the molecule is COc1ccc(C(=O)NC(CO)c2nnc(SCC(=O)Nc3cc(Cl)ccc3OC)n2C)cc1. The van der Waals surface area contributed by atoms with Crippen molar-refractivity contribution in [2.45, 2.75) is 11.2 Å². The number of thioether (sulfide) groups is 1. The van der Waals surface area contributed by atoms with E-state index in [0.717, 1.165) is 11.8 Å². The molecule has 180 valence electrons. The van der Waals surface area contributed by atoms with Crippen LogP contribution in [0.3, 0.4) is 0 Å². The Hall–Kier alpha value is -3.28. The van der Waals surface area contributed by atoms with Crippen molar-refractivity contribution in [3.05, 3.63) is 58.9 Å². The minimum atomic E-state index is -0.786. The van der Waals surface area contributed by atoms with E-state index in [2.05, 4.69) is 20.8 Å². The summed E-state index contributed by atoms with van der Waals surface area (Å²) in [6.45, 7) is -0.381. The van der Waals surface area contributed by atoms with Gasteiger partial charge in [-0.1, -0.05) is 23.4 Å². The fourth-order valence-corrected chi connectivity index (χ4v) is 3.92. The van der Waals surface area contributed by atoms with E-state index in [-0.39, 0.29) is 24.2 Å². The van der Waals surface area contributed by atoms with Gasteiger partial charge >= 0.3 is 0 Å². The van der Waals surface area contributed by atoms with Crippen LogP contribution in [-0.4, -0.2) is 58.3 Å². The van der Waals surface area contributed by atoms with Crippen molar-refractivity contribution >= 4 is 40.9 Å². The smallest absolute Gasteiger partial charge is 0.251 e. The molecule has 0 bridgehead atoms. The maximum atomic E-state index is 12.6. The van der Waals surface area contributed by atoms with E-state index in [1.807, 2.05) is 0 Å². The van der Waals surface area contributed by atoms with Crippen LogP contribution < -0.4 is 20.1 Å². The van der Waals surface area contributed by atoms with Crippen molar-refractivity contribution in [1.82, 2.24) is 20.1 Å². The number of halogens is 1. The largest absolute Gasteiger partial charge is 0.497 e. The zero-order valence-electron chi connectivity index (χ0n) is 18.7. The first-order chi connectivity index (χ1) is 16.4. The molecule has 0 aliphatic carbocycles. The number of aliphatic hydroxyl groups excluding tert-OH is 1. The van der Waals surface area contributed by atoms with E-state index < -0.39 is 6.04 Å². The molecule has 3 rings (SSSR count). The van der Waals surface area contributed by atoms with Crippen LogP contribution in [0.1, 0.15) is 22.2 Å². The van der Waals surface area contributed by atoms with Gasteiger partial charge in [0.2, 0.25) is 5.91 Å². The lowest BCUT2D eigenvalue weighted by Crippen LogP contribution is -2.32. The van der Waals surface area contributed by atoms with E-state index in [1.165, 1.54) is 14.2 Å². The average Bonchev–Trinajstić information content (AvgIpc) is 3.21. The van der Waals surface area contributed by atoms with Crippen molar-refractivity contribution in [1.29, 1.82) is 0 Å². The van der Waals surface area contributed by atoms with Gasteiger partial charge in [0, 0.05) is 17.6 Å². The molecule has 0 fully saturated rings. The summed E-state index contributed by atoms with van der Waals surface area (Å²) in [5.74, 6) is 0.841. The average molecular weight is 506 g/mol. The minimum Gasteiger partial charge on any atom is -0.497 e. The molecule has 0 spiro atoms. The van der Waals surface area contributed by atoms with E-state index in [1.54, 1.807) is 54.1 Å². The van der Waals surface area contributed by atoms with Crippen LogP contribution in [0.15, 0.2) is 47.6 Å². The van der Waals surface area contributed by atoms with Gasteiger partial charge in [0.05, 0.1) is 32.3 Å². The third-order valence-electron chi connectivity index (χ3n) is 4.79. The predicted molar refractivity (Wildman–Crippen MR) is 129 cm³/mol. The predicted octanol–water partition coefficient (Wildman–Crippen LogP) is 2.68. The molecule has 0 saturated heterocycles. The molecule has 0 radical (unpaired) electrons. The van der Waals surface area contributed by atoms with Crippen LogP contribution in [0.2, 0.25) is 5.02 Å². The molecule has 0 aliphatic heterocycles. The molecular formula is C22H24ClN5O5S. The number of nitrogens with one attached hydrogen (secondary N) is 2. The quantitative estimate of drug-likeness (QED) is 0.359. The summed E-state index contributed by atoms with van der Waals surface area (Å²) in [4.78, 5) is 25.0. The van der Waals surface area contributed by atoms with Gasteiger partial charge in [0.15, 0.2) is 11.0 Å². The number of benzene rings is 2. The van der Waals surface area contributed by atoms with E-state index in [0.29, 0.717) is 38.8 Å². The number of methoxy groups -OCH3 is 2. The summed E-state index contributed by atoms with van der Waals surface area (Å²) in [5.41, 5.74) is 0.866. The highest BCUT2D eigenvalue weighted by molar-refractivity contribution is 7.99. The lowest BCUT2D eigenvalue weighted by atomic mass is 10.2. The molecule has 2 aromatic carbocycles. The van der Waals surface area contributed by atoms with Crippen molar-refractivity contribution in [2.24, 2.45) is 7.05 Å². The number of aromatic nitrogens is 3. The van der Waals surface area contributed by atoms with E-state index >= 15 is 0 Å². The van der Waals surface area contributed by atoms with Crippen LogP contribution in [0.4, 0.5) is 5.69 Å². The topological polar surface area (TPSA) is 128 Å². The summed E-state index contributed by atoms with van der Waals surface area (Å²) < 4.78 is 11.9. The molecule has 3 aromatic rings. The maximum Gasteiger partial charge on any atom is 0.251 e. The summed E-state index contributed by atoms with van der Waals surface area (Å²) in [5, 5.41) is 24.4. The Kier molecular flexibility index (Phi) is 8.74. The zero-order chi connectivity index (χ0) is 24.7. The Morgan fingerprint density at radius 2 is 1.88 bits per heavy atom. The summed E-state index contributed by atoms with van der Waals surface area (Å²) in [6, 6.07) is 10.7. The molecular weight excluding hydrogens is 482 g/mol. The number of ether oxygens (including phenoxy) is 2. The van der Waals surface area contributed by atoms with Crippen molar-refractivity contribution < 1.29 is 24.2 Å². The molecule has 3 N–H and O–H groups in total. The van der Waals surface area contributed by atoms with Gasteiger partial charge in [-0.2, -0.15) is 0 Å². The molecule has 34 heavy (non-hydrogen) atoms. The van der Waals surface area contributed by atoms with Crippen LogP contribution in [0, 0.1) is 0 Å². The molecule has 1 aromatic heterocycles. The van der Waals surface area contributed by atoms with Gasteiger partial charge in [0.1, 0.15) is 17.5 Å². The third-order valence-corrected chi connectivity index (χ3v) is 6.04. The molecule has 1 heterocycles. The molecule has 1 unspecified atom stereocenters. The fraction of sp³-hybridized carbons (Fsp3) is 0.273. The number of carbonyl (C=O) groups excluding carboxylic acids is 2. The number of nitrogens with zero attached hydrogens (tertiary/aromatic N) is 3. The first kappa shape index (κ1) is 25.3. The molecule has 1 atom stereocenters. The molecule has 0 saturated carbocycles. The number of carbonyl (C=O) groups is 2. The Morgan fingerprint density at radius 3 is 2.53 bits per heavy atom. The van der Waals surface area contributed by atoms with Gasteiger partial charge in [-0.15, -0.1) is 10.2 Å². The first-order valence-electron chi connectivity index (χ1n) is 10.1. The minimum absolute atomic E-state index is 0.0453. The highest BCUT2D eigenvalue weighted by Crippen LogP contribution is 2.28. The second-order valence-electron chi connectivity index (χ2n) is 7.02. The van der Waals surface area contributed by atoms with Crippen LogP contribution in [0.25, 0.3) is 0 Å². The number of anilines is 1. The number of hydrogen-bond donors (Lipinski definition) is 3.